The fourth-order valence-electron chi connectivity index (χ4n) is 1.32. The quantitative estimate of drug-likeness (QED) is 0.774. The molecule has 0 radical (unpaired) electrons. The van der Waals surface area contributed by atoms with Gasteiger partial charge in [0.25, 0.3) is 0 Å². The van der Waals surface area contributed by atoms with E-state index in [1.807, 2.05) is 0 Å². The molecule has 0 spiro atoms. The van der Waals surface area contributed by atoms with E-state index in [1.165, 1.54) is 18.2 Å². The van der Waals surface area contributed by atoms with Crippen molar-refractivity contribution in [2.75, 3.05) is 22.6 Å². The molecule has 9 heteroatoms. The molecule has 0 saturated carbocycles. The molecule has 0 amide bonds. The van der Waals surface area contributed by atoms with Gasteiger partial charge in [-0.05, 0) is 18.2 Å². The second-order valence-corrected chi connectivity index (χ2v) is 8.60. The highest BCUT2D eigenvalue weighted by molar-refractivity contribution is 8.08. The highest BCUT2D eigenvalue weighted by atomic mass is 35.5. The normalized spacial score (nSPS) is 11.6. The Balaban J connectivity index is 3.05. The first-order chi connectivity index (χ1) is 9.13. The van der Waals surface area contributed by atoms with Gasteiger partial charge in [-0.3, -0.25) is 4.72 Å². The molecule has 0 atom stereocenters. The van der Waals surface area contributed by atoms with Gasteiger partial charge in [-0.2, -0.15) is 0 Å². The van der Waals surface area contributed by atoms with E-state index < -0.39 is 24.9 Å². The highest BCUT2D eigenvalue weighted by Crippen LogP contribution is 2.20. The van der Waals surface area contributed by atoms with Gasteiger partial charge in [0.05, 0.1) is 11.6 Å². The molecule has 0 aliphatic heterocycles. The van der Waals surface area contributed by atoms with Crippen LogP contribution < -0.4 is 10.5 Å². The fourth-order valence-corrected chi connectivity index (χ4v) is 4.46. The van der Waals surface area contributed by atoms with Crippen LogP contribution in [0.5, 0.6) is 0 Å². The molecule has 0 heterocycles. The molecular formula is C11H13ClN2O4S2. The number of sulfone groups is 1. The number of hydrogen-bond donors (Lipinski definition) is 2. The van der Waals surface area contributed by atoms with Crippen LogP contribution in [0.4, 0.5) is 5.69 Å². The zero-order valence-electron chi connectivity index (χ0n) is 10.6. The highest BCUT2D eigenvalue weighted by Gasteiger charge is 2.18. The maximum atomic E-state index is 11.6. The third-order valence-corrected chi connectivity index (χ3v) is 5.76. The number of rotatable bonds is 4. The molecule has 1 aromatic rings. The van der Waals surface area contributed by atoms with E-state index in [9.17, 15) is 16.8 Å². The molecule has 0 aliphatic rings. The largest absolute Gasteiger partial charge is 0.320 e. The molecule has 3 N–H and O–H groups in total. The van der Waals surface area contributed by atoms with E-state index in [4.69, 9.17) is 17.3 Å². The van der Waals surface area contributed by atoms with Crippen LogP contribution in [0.3, 0.4) is 0 Å². The third-order valence-electron chi connectivity index (χ3n) is 1.93. The first kappa shape index (κ1) is 16.8. The standard InChI is InChI=1S/C11H13ClN2O4S2/c1-19(15,16)8-20(17,18)14-10-4-5-11(12)9(7-10)3-2-6-13/h4-5,7,14H,6,8,13H2,1H3. The summed E-state index contributed by atoms with van der Waals surface area (Å²) in [6.45, 7) is 0.139. The number of nitrogens with one attached hydrogen (secondary N) is 1. The second-order valence-electron chi connectivity index (χ2n) is 3.96. The average Bonchev–Trinajstić information content (AvgIpc) is 2.26. The Kier molecular flexibility index (Phi) is 5.42. The summed E-state index contributed by atoms with van der Waals surface area (Å²) < 4.78 is 47.5. The summed E-state index contributed by atoms with van der Waals surface area (Å²) in [4.78, 5) is 0. The van der Waals surface area contributed by atoms with Crippen LogP contribution in [0.15, 0.2) is 18.2 Å². The fraction of sp³-hybridized carbons (Fsp3) is 0.273. The van der Waals surface area contributed by atoms with Gasteiger partial charge in [0, 0.05) is 17.5 Å². The predicted octanol–water partition coefficient (Wildman–Crippen LogP) is 0.394. The van der Waals surface area contributed by atoms with Gasteiger partial charge in [0.2, 0.25) is 10.0 Å². The number of sulfonamides is 1. The van der Waals surface area contributed by atoms with E-state index in [2.05, 4.69) is 16.6 Å². The Hall–Kier alpha value is -1.27. The topological polar surface area (TPSA) is 106 Å². The van der Waals surface area contributed by atoms with E-state index in [0.29, 0.717) is 10.6 Å². The van der Waals surface area contributed by atoms with Gasteiger partial charge in [-0.25, -0.2) is 16.8 Å². The molecule has 0 bridgehead atoms. The first-order valence-electron chi connectivity index (χ1n) is 5.30. The molecular weight excluding hydrogens is 324 g/mol. The van der Waals surface area contributed by atoms with Crippen LogP contribution in [0.25, 0.3) is 0 Å². The minimum absolute atomic E-state index is 0.139. The van der Waals surface area contributed by atoms with Crippen LogP contribution in [-0.2, 0) is 19.9 Å². The van der Waals surface area contributed by atoms with Crippen molar-refractivity contribution >= 4 is 37.1 Å². The van der Waals surface area contributed by atoms with Crippen LogP contribution in [0.2, 0.25) is 5.02 Å². The third kappa shape index (κ3) is 5.79. The summed E-state index contributed by atoms with van der Waals surface area (Å²) in [5, 5.41) is -0.649. The monoisotopic (exact) mass is 336 g/mol. The van der Waals surface area contributed by atoms with Gasteiger partial charge in [-0.15, -0.1) is 0 Å². The van der Waals surface area contributed by atoms with Crippen molar-refractivity contribution in [3.63, 3.8) is 0 Å². The lowest BCUT2D eigenvalue weighted by molar-refractivity contribution is 0.595. The summed E-state index contributed by atoms with van der Waals surface area (Å²) >= 11 is 5.89. The Labute approximate surface area is 123 Å². The van der Waals surface area contributed by atoms with Gasteiger partial charge in [-0.1, -0.05) is 23.4 Å². The van der Waals surface area contributed by atoms with E-state index in [-0.39, 0.29) is 12.2 Å². The van der Waals surface area contributed by atoms with Crippen molar-refractivity contribution in [1.82, 2.24) is 0 Å². The molecule has 0 unspecified atom stereocenters. The van der Waals surface area contributed by atoms with E-state index >= 15 is 0 Å². The number of anilines is 1. The molecule has 0 aliphatic carbocycles. The minimum atomic E-state index is -4.00. The maximum absolute atomic E-state index is 11.6. The Morgan fingerprint density at radius 3 is 2.50 bits per heavy atom. The van der Waals surface area contributed by atoms with Crippen molar-refractivity contribution in [2.24, 2.45) is 5.73 Å². The van der Waals surface area contributed by atoms with E-state index in [0.717, 1.165) is 6.26 Å². The summed E-state index contributed by atoms with van der Waals surface area (Å²) in [5.74, 6) is 5.28. The van der Waals surface area contributed by atoms with Crippen molar-refractivity contribution in [1.29, 1.82) is 0 Å². The Morgan fingerprint density at radius 1 is 1.30 bits per heavy atom. The average molecular weight is 337 g/mol. The van der Waals surface area contributed by atoms with Crippen molar-refractivity contribution in [2.45, 2.75) is 0 Å². The smallest absolute Gasteiger partial charge is 0.247 e. The van der Waals surface area contributed by atoms with Crippen molar-refractivity contribution in [3.05, 3.63) is 28.8 Å². The number of benzene rings is 1. The number of hydrogen-bond acceptors (Lipinski definition) is 5. The van der Waals surface area contributed by atoms with Crippen molar-refractivity contribution in [3.8, 4) is 11.8 Å². The van der Waals surface area contributed by atoms with Crippen LogP contribution in [0, 0.1) is 11.8 Å². The molecule has 110 valence electrons. The predicted molar refractivity (Wildman–Crippen MR) is 79.6 cm³/mol. The summed E-state index contributed by atoms with van der Waals surface area (Å²) in [6, 6.07) is 4.28. The van der Waals surface area contributed by atoms with Gasteiger partial charge in [0.1, 0.15) is 0 Å². The zero-order valence-corrected chi connectivity index (χ0v) is 12.9. The zero-order chi connectivity index (χ0) is 15.4. The van der Waals surface area contributed by atoms with Crippen molar-refractivity contribution < 1.29 is 16.8 Å². The SMILES string of the molecule is CS(=O)(=O)CS(=O)(=O)Nc1ccc(Cl)c(C#CCN)c1. The lowest BCUT2D eigenvalue weighted by Gasteiger charge is -2.08. The van der Waals surface area contributed by atoms with E-state index in [1.54, 1.807) is 0 Å². The molecule has 0 aromatic heterocycles. The minimum Gasteiger partial charge on any atom is -0.320 e. The summed E-state index contributed by atoms with van der Waals surface area (Å²) in [5.41, 5.74) is 5.82. The lowest BCUT2D eigenvalue weighted by Crippen LogP contribution is -2.22. The maximum Gasteiger partial charge on any atom is 0.247 e. The van der Waals surface area contributed by atoms with Crippen LogP contribution in [-0.4, -0.2) is 34.7 Å². The molecule has 0 fully saturated rings. The molecule has 1 aromatic carbocycles. The molecule has 0 saturated heterocycles. The van der Waals surface area contributed by atoms with Gasteiger partial charge >= 0.3 is 0 Å². The first-order valence-corrected chi connectivity index (χ1v) is 9.39. The molecule has 1 rings (SSSR count). The number of halogens is 1. The molecule has 20 heavy (non-hydrogen) atoms. The van der Waals surface area contributed by atoms with Crippen LogP contribution >= 0.6 is 11.6 Å². The van der Waals surface area contributed by atoms with Gasteiger partial charge in [0.15, 0.2) is 14.9 Å². The Morgan fingerprint density at radius 2 is 1.95 bits per heavy atom. The van der Waals surface area contributed by atoms with Gasteiger partial charge < -0.3 is 5.73 Å². The molecule has 6 nitrogen and oxygen atoms in total. The summed E-state index contributed by atoms with van der Waals surface area (Å²) in [6.07, 6.45) is 0.840. The number of nitrogens with two attached hydrogens (primary N) is 1. The van der Waals surface area contributed by atoms with Crippen LogP contribution in [0.1, 0.15) is 5.56 Å². The summed E-state index contributed by atoms with van der Waals surface area (Å²) in [7, 11) is -7.65. The Bertz CT molecular complexity index is 761. The second kappa shape index (κ2) is 6.45. The lowest BCUT2D eigenvalue weighted by atomic mass is 10.2.